The molecule has 0 aromatic carbocycles. The standard InChI is InChI=1S/C14H19NO/c1-9-4-6-12(11(3)16)8-14-13(9)7-5-10(2)15-14/h5,7,9,12H,4,6,8H2,1-3H3/t9-,12-/m0/s1. The summed E-state index contributed by atoms with van der Waals surface area (Å²) in [4.78, 5) is 16.1. The summed E-state index contributed by atoms with van der Waals surface area (Å²) in [5.41, 5.74) is 3.54. The van der Waals surface area contributed by atoms with Crippen LogP contribution in [0.3, 0.4) is 0 Å². The van der Waals surface area contributed by atoms with Crippen molar-refractivity contribution in [3.63, 3.8) is 0 Å². The molecule has 86 valence electrons. The summed E-state index contributed by atoms with van der Waals surface area (Å²) in [5, 5.41) is 0. The fourth-order valence-corrected chi connectivity index (χ4v) is 2.52. The zero-order valence-electron chi connectivity index (χ0n) is 10.3. The average molecular weight is 217 g/mol. The lowest BCUT2D eigenvalue weighted by atomic mass is 9.95. The Labute approximate surface area is 97.1 Å². The Bertz CT molecular complexity index is 411. The van der Waals surface area contributed by atoms with E-state index >= 15 is 0 Å². The number of pyridine rings is 1. The highest BCUT2D eigenvalue weighted by atomic mass is 16.1. The molecule has 2 atom stereocenters. The van der Waals surface area contributed by atoms with E-state index in [4.69, 9.17) is 0 Å². The van der Waals surface area contributed by atoms with Gasteiger partial charge in [-0.2, -0.15) is 0 Å². The maximum atomic E-state index is 11.5. The zero-order chi connectivity index (χ0) is 11.7. The molecular formula is C14H19NO. The van der Waals surface area contributed by atoms with Crippen molar-refractivity contribution >= 4 is 5.78 Å². The first-order chi connectivity index (χ1) is 7.58. The summed E-state index contributed by atoms with van der Waals surface area (Å²) in [7, 11) is 0. The van der Waals surface area contributed by atoms with Gasteiger partial charge >= 0.3 is 0 Å². The van der Waals surface area contributed by atoms with Gasteiger partial charge in [0.1, 0.15) is 5.78 Å². The summed E-state index contributed by atoms with van der Waals surface area (Å²) in [6, 6.07) is 4.26. The Morgan fingerprint density at radius 1 is 1.38 bits per heavy atom. The smallest absolute Gasteiger partial charge is 0.133 e. The van der Waals surface area contributed by atoms with Crippen molar-refractivity contribution in [2.24, 2.45) is 5.92 Å². The van der Waals surface area contributed by atoms with Gasteiger partial charge in [0, 0.05) is 17.3 Å². The molecule has 2 heteroatoms. The molecular weight excluding hydrogens is 198 g/mol. The Hall–Kier alpha value is -1.18. The van der Waals surface area contributed by atoms with Crippen molar-refractivity contribution in [3.8, 4) is 0 Å². The Morgan fingerprint density at radius 3 is 2.81 bits per heavy atom. The van der Waals surface area contributed by atoms with Crippen molar-refractivity contribution in [1.82, 2.24) is 4.98 Å². The van der Waals surface area contributed by atoms with Crippen LogP contribution in [0.15, 0.2) is 12.1 Å². The molecule has 0 spiro atoms. The number of hydrogen-bond donors (Lipinski definition) is 0. The molecule has 0 radical (unpaired) electrons. The van der Waals surface area contributed by atoms with E-state index in [9.17, 15) is 4.79 Å². The van der Waals surface area contributed by atoms with E-state index in [1.807, 2.05) is 6.92 Å². The van der Waals surface area contributed by atoms with Gasteiger partial charge in [-0.15, -0.1) is 0 Å². The van der Waals surface area contributed by atoms with Gasteiger partial charge in [-0.05, 0) is 50.7 Å². The number of carbonyl (C=O) groups excluding carboxylic acids is 1. The van der Waals surface area contributed by atoms with E-state index in [1.165, 1.54) is 5.56 Å². The Morgan fingerprint density at radius 2 is 2.12 bits per heavy atom. The predicted octanol–water partition coefficient (Wildman–Crippen LogP) is 3.04. The van der Waals surface area contributed by atoms with Crippen LogP contribution in [0.5, 0.6) is 0 Å². The number of rotatable bonds is 1. The highest BCUT2D eigenvalue weighted by molar-refractivity contribution is 5.78. The molecule has 0 N–H and O–H groups in total. The number of fused-ring (bicyclic) bond motifs is 1. The number of aromatic nitrogens is 1. The van der Waals surface area contributed by atoms with E-state index in [0.717, 1.165) is 30.7 Å². The van der Waals surface area contributed by atoms with Crippen molar-refractivity contribution in [1.29, 1.82) is 0 Å². The van der Waals surface area contributed by atoms with Gasteiger partial charge < -0.3 is 0 Å². The molecule has 2 rings (SSSR count). The lowest BCUT2D eigenvalue weighted by molar-refractivity contribution is -0.120. The van der Waals surface area contributed by atoms with Gasteiger partial charge in [-0.25, -0.2) is 0 Å². The number of carbonyl (C=O) groups is 1. The summed E-state index contributed by atoms with van der Waals surface area (Å²) >= 11 is 0. The van der Waals surface area contributed by atoms with Crippen LogP contribution in [0.2, 0.25) is 0 Å². The Kier molecular flexibility index (Phi) is 3.08. The van der Waals surface area contributed by atoms with Crippen LogP contribution >= 0.6 is 0 Å². The zero-order valence-corrected chi connectivity index (χ0v) is 10.3. The van der Waals surface area contributed by atoms with Gasteiger partial charge in [-0.1, -0.05) is 13.0 Å². The van der Waals surface area contributed by atoms with Gasteiger partial charge in [0.05, 0.1) is 0 Å². The van der Waals surface area contributed by atoms with E-state index in [1.54, 1.807) is 6.92 Å². The second-order valence-electron chi connectivity index (χ2n) is 4.98. The number of ketones is 1. The summed E-state index contributed by atoms with van der Waals surface area (Å²) in [5.74, 6) is 1.02. The second kappa shape index (κ2) is 4.36. The molecule has 0 saturated heterocycles. The molecule has 1 aromatic heterocycles. The molecule has 0 bridgehead atoms. The minimum absolute atomic E-state index is 0.179. The normalized spacial score (nSPS) is 24.7. The van der Waals surface area contributed by atoms with E-state index in [2.05, 4.69) is 24.0 Å². The molecule has 16 heavy (non-hydrogen) atoms. The second-order valence-corrected chi connectivity index (χ2v) is 4.98. The fraction of sp³-hybridized carbons (Fsp3) is 0.571. The number of hydrogen-bond acceptors (Lipinski definition) is 2. The molecule has 1 aromatic rings. The van der Waals surface area contributed by atoms with Gasteiger partial charge in [-0.3, -0.25) is 9.78 Å². The number of Topliss-reactive ketones (excluding diaryl/α,β-unsaturated/α-hetero) is 1. The SMILES string of the molecule is CC(=O)[C@H]1CC[C@H](C)c2ccc(C)nc2C1. The lowest BCUT2D eigenvalue weighted by Gasteiger charge is -2.11. The van der Waals surface area contributed by atoms with Crippen LogP contribution in [-0.4, -0.2) is 10.8 Å². The van der Waals surface area contributed by atoms with Crippen molar-refractivity contribution in [2.45, 2.75) is 46.0 Å². The van der Waals surface area contributed by atoms with Crippen LogP contribution in [0.1, 0.15) is 49.6 Å². The summed E-state index contributed by atoms with van der Waals surface area (Å²) < 4.78 is 0. The van der Waals surface area contributed by atoms with E-state index in [0.29, 0.717) is 11.7 Å². The summed E-state index contributed by atoms with van der Waals surface area (Å²) in [6.45, 7) is 5.95. The highest BCUT2D eigenvalue weighted by Crippen LogP contribution is 2.32. The van der Waals surface area contributed by atoms with Crippen LogP contribution in [0.4, 0.5) is 0 Å². The molecule has 1 aliphatic rings. The maximum Gasteiger partial charge on any atom is 0.133 e. The van der Waals surface area contributed by atoms with Crippen LogP contribution in [-0.2, 0) is 11.2 Å². The third kappa shape index (κ3) is 2.16. The van der Waals surface area contributed by atoms with E-state index in [-0.39, 0.29) is 5.92 Å². The summed E-state index contributed by atoms with van der Waals surface area (Å²) in [6.07, 6.45) is 2.94. The first-order valence-corrected chi connectivity index (χ1v) is 6.05. The Balaban J connectivity index is 2.38. The first-order valence-electron chi connectivity index (χ1n) is 6.05. The molecule has 0 amide bonds. The van der Waals surface area contributed by atoms with Crippen molar-refractivity contribution in [2.75, 3.05) is 0 Å². The largest absolute Gasteiger partial charge is 0.300 e. The third-order valence-electron chi connectivity index (χ3n) is 3.64. The number of aryl methyl sites for hydroxylation is 1. The minimum atomic E-state index is 0.179. The topological polar surface area (TPSA) is 30.0 Å². The quantitative estimate of drug-likeness (QED) is 0.677. The highest BCUT2D eigenvalue weighted by Gasteiger charge is 2.24. The van der Waals surface area contributed by atoms with Gasteiger partial charge in [0.15, 0.2) is 0 Å². The molecule has 2 nitrogen and oxygen atoms in total. The number of nitrogens with zero attached hydrogens (tertiary/aromatic N) is 1. The lowest BCUT2D eigenvalue weighted by Crippen LogP contribution is -2.13. The third-order valence-corrected chi connectivity index (χ3v) is 3.64. The maximum absolute atomic E-state index is 11.5. The average Bonchev–Trinajstić information content (AvgIpc) is 2.38. The van der Waals surface area contributed by atoms with Crippen molar-refractivity contribution in [3.05, 3.63) is 29.1 Å². The fourth-order valence-electron chi connectivity index (χ4n) is 2.52. The molecule has 1 aliphatic carbocycles. The van der Waals surface area contributed by atoms with Crippen LogP contribution < -0.4 is 0 Å². The minimum Gasteiger partial charge on any atom is -0.300 e. The molecule has 0 fully saturated rings. The van der Waals surface area contributed by atoms with Crippen LogP contribution in [0, 0.1) is 12.8 Å². The van der Waals surface area contributed by atoms with Gasteiger partial charge in [0.25, 0.3) is 0 Å². The van der Waals surface area contributed by atoms with Crippen molar-refractivity contribution < 1.29 is 4.79 Å². The molecule has 1 heterocycles. The molecule has 0 saturated carbocycles. The van der Waals surface area contributed by atoms with E-state index < -0.39 is 0 Å². The molecule has 0 aliphatic heterocycles. The predicted molar refractivity (Wildman–Crippen MR) is 64.5 cm³/mol. The monoisotopic (exact) mass is 217 g/mol. The first kappa shape index (κ1) is 11.3. The van der Waals surface area contributed by atoms with Crippen LogP contribution in [0.25, 0.3) is 0 Å². The van der Waals surface area contributed by atoms with Gasteiger partial charge in [0.2, 0.25) is 0 Å². The molecule has 0 unspecified atom stereocenters.